The Morgan fingerprint density at radius 1 is 0.963 bits per heavy atom. The fourth-order valence-electron chi connectivity index (χ4n) is 2.74. The van der Waals surface area contributed by atoms with Gasteiger partial charge in [0.2, 0.25) is 0 Å². The summed E-state index contributed by atoms with van der Waals surface area (Å²) < 4.78 is 0. The highest BCUT2D eigenvalue weighted by Crippen LogP contribution is 2.30. The molecule has 1 N–H and O–H groups in total. The molecule has 0 atom stereocenters. The number of benzene rings is 1. The van der Waals surface area contributed by atoms with Crippen LogP contribution in [-0.2, 0) is 0 Å². The van der Waals surface area contributed by atoms with E-state index in [4.69, 9.17) is 0 Å². The third-order valence-electron chi connectivity index (χ3n) is 4.06. The first-order valence-electron chi connectivity index (χ1n) is 8.33. The van der Waals surface area contributed by atoms with Crippen molar-refractivity contribution in [2.45, 2.75) is 6.92 Å². The van der Waals surface area contributed by atoms with Crippen LogP contribution in [0.3, 0.4) is 0 Å². The number of rotatable bonds is 4. The van der Waals surface area contributed by atoms with Crippen molar-refractivity contribution in [2.24, 2.45) is 0 Å². The highest BCUT2D eigenvalue weighted by atomic mass is 32.1. The molecular weight excluding hydrogens is 358 g/mol. The molecule has 0 aliphatic heterocycles. The molecule has 5 nitrogen and oxygen atoms in total. The predicted octanol–water partition coefficient (Wildman–Crippen LogP) is 4.43. The van der Waals surface area contributed by atoms with Gasteiger partial charge < -0.3 is 4.98 Å². The summed E-state index contributed by atoms with van der Waals surface area (Å²) in [5.74, 6) is 0.553. The summed E-state index contributed by atoms with van der Waals surface area (Å²) in [6, 6.07) is 16.6. The summed E-state index contributed by atoms with van der Waals surface area (Å²) in [5.41, 5.74) is 2.79. The van der Waals surface area contributed by atoms with Gasteiger partial charge in [0.25, 0.3) is 5.56 Å². The maximum atomic E-state index is 12.1. The van der Waals surface area contributed by atoms with Gasteiger partial charge >= 0.3 is 0 Å². The third kappa shape index (κ3) is 3.61. The molecule has 0 fully saturated rings. The van der Waals surface area contributed by atoms with Crippen LogP contribution in [0.25, 0.3) is 33.1 Å². The van der Waals surface area contributed by atoms with Gasteiger partial charge in [-0.1, -0.05) is 30.3 Å². The van der Waals surface area contributed by atoms with Crippen LogP contribution >= 0.6 is 11.3 Å². The molecule has 0 bridgehead atoms. The SMILES string of the molecule is CC(=O)c1ccc(-c2cncc(-c3cc(=O)[nH]c(-c4ccccc4)n3)c2)s1. The van der Waals surface area contributed by atoms with Gasteiger partial charge in [-0.3, -0.25) is 14.6 Å². The fourth-order valence-corrected chi connectivity index (χ4v) is 3.62. The number of pyridine rings is 1. The average Bonchev–Trinajstić information content (AvgIpc) is 3.19. The molecule has 0 amide bonds. The topological polar surface area (TPSA) is 75.7 Å². The number of aromatic amines is 1. The molecule has 27 heavy (non-hydrogen) atoms. The van der Waals surface area contributed by atoms with E-state index in [0.29, 0.717) is 16.4 Å². The van der Waals surface area contributed by atoms with E-state index in [0.717, 1.165) is 21.6 Å². The van der Waals surface area contributed by atoms with Crippen molar-refractivity contribution < 1.29 is 4.79 Å². The molecule has 0 spiro atoms. The van der Waals surface area contributed by atoms with E-state index in [9.17, 15) is 9.59 Å². The van der Waals surface area contributed by atoms with Gasteiger partial charge in [-0.05, 0) is 25.1 Å². The summed E-state index contributed by atoms with van der Waals surface area (Å²) in [6.07, 6.45) is 3.42. The summed E-state index contributed by atoms with van der Waals surface area (Å²) in [7, 11) is 0. The Labute approximate surface area is 159 Å². The fraction of sp³-hybridized carbons (Fsp3) is 0.0476. The van der Waals surface area contributed by atoms with Crippen LogP contribution < -0.4 is 5.56 Å². The van der Waals surface area contributed by atoms with E-state index in [1.807, 2.05) is 48.5 Å². The zero-order valence-electron chi connectivity index (χ0n) is 14.5. The maximum absolute atomic E-state index is 12.1. The van der Waals surface area contributed by atoms with E-state index in [1.165, 1.54) is 17.4 Å². The molecule has 6 heteroatoms. The first-order chi connectivity index (χ1) is 13.1. The van der Waals surface area contributed by atoms with E-state index in [-0.39, 0.29) is 11.3 Å². The van der Waals surface area contributed by atoms with Gasteiger partial charge in [0.1, 0.15) is 5.82 Å². The number of ketones is 1. The van der Waals surface area contributed by atoms with Crippen molar-refractivity contribution in [1.82, 2.24) is 15.0 Å². The zero-order chi connectivity index (χ0) is 18.8. The number of Topliss-reactive ketones (excluding diaryl/α,β-unsaturated/α-hetero) is 1. The Hall–Kier alpha value is -3.38. The maximum Gasteiger partial charge on any atom is 0.251 e. The molecule has 3 heterocycles. The quantitative estimate of drug-likeness (QED) is 0.537. The Morgan fingerprint density at radius 2 is 1.74 bits per heavy atom. The normalized spacial score (nSPS) is 10.7. The van der Waals surface area contributed by atoms with Crippen LogP contribution in [0.1, 0.15) is 16.6 Å². The van der Waals surface area contributed by atoms with Gasteiger partial charge in [0.05, 0.1) is 10.6 Å². The summed E-state index contributed by atoms with van der Waals surface area (Å²) in [6.45, 7) is 1.55. The van der Waals surface area contributed by atoms with Crippen LogP contribution in [0.4, 0.5) is 0 Å². The monoisotopic (exact) mass is 373 g/mol. The molecule has 4 rings (SSSR count). The Kier molecular flexibility index (Phi) is 4.48. The Morgan fingerprint density at radius 3 is 2.48 bits per heavy atom. The van der Waals surface area contributed by atoms with E-state index < -0.39 is 0 Å². The lowest BCUT2D eigenvalue weighted by atomic mass is 10.1. The lowest BCUT2D eigenvalue weighted by Gasteiger charge is -2.06. The summed E-state index contributed by atoms with van der Waals surface area (Å²) >= 11 is 1.42. The highest BCUT2D eigenvalue weighted by molar-refractivity contribution is 7.17. The van der Waals surface area contributed by atoms with Gasteiger partial charge in [0.15, 0.2) is 5.78 Å². The summed E-state index contributed by atoms with van der Waals surface area (Å²) in [4.78, 5) is 37.0. The van der Waals surface area contributed by atoms with Crippen molar-refractivity contribution >= 4 is 17.1 Å². The molecule has 0 unspecified atom stereocenters. The van der Waals surface area contributed by atoms with Crippen LogP contribution in [-0.4, -0.2) is 20.7 Å². The number of hydrogen-bond donors (Lipinski definition) is 1. The predicted molar refractivity (Wildman–Crippen MR) is 107 cm³/mol. The smallest absolute Gasteiger partial charge is 0.251 e. The second-order valence-electron chi connectivity index (χ2n) is 6.03. The summed E-state index contributed by atoms with van der Waals surface area (Å²) in [5, 5.41) is 0. The second-order valence-corrected chi connectivity index (χ2v) is 7.11. The second kappa shape index (κ2) is 7.09. The third-order valence-corrected chi connectivity index (χ3v) is 5.30. The number of thiophene rings is 1. The number of carbonyl (C=O) groups is 1. The molecular formula is C21H15N3O2S. The number of hydrogen-bond acceptors (Lipinski definition) is 5. The van der Waals surface area contributed by atoms with Gasteiger partial charge in [0, 0.05) is 40.0 Å². The molecule has 0 saturated heterocycles. The lowest BCUT2D eigenvalue weighted by Crippen LogP contribution is -2.08. The lowest BCUT2D eigenvalue weighted by molar-refractivity contribution is 0.102. The van der Waals surface area contributed by atoms with Gasteiger partial charge in [-0.25, -0.2) is 4.98 Å². The van der Waals surface area contributed by atoms with Crippen LogP contribution in [0.2, 0.25) is 0 Å². The Balaban J connectivity index is 1.77. The molecule has 3 aromatic heterocycles. The number of H-pyrrole nitrogens is 1. The number of nitrogens with zero attached hydrogens (tertiary/aromatic N) is 2. The van der Waals surface area contributed by atoms with Gasteiger partial charge in [-0.15, -0.1) is 11.3 Å². The number of aromatic nitrogens is 3. The van der Waals surface area contributed by atoms with Crippen LogP contribution in [0, 0.1) is 0 Å². The highest BCUT2D eigenvalue weighted by Gasteiger charge is 2.10. The van der Waals surface area contributed by atoms with Crippen molar-refractivity contribution in [1.29, 1.82) is 0 Å². The number of nitrogens with one attached hydrogen (secondary N) is 1. The van der Waals surface area contributed by atoms with Crippen LogP contribution in [0.15, 0.2) is 71.8 Å². The minimum atomic E-state index is -0.223. The van der Waals surface area contributed by atoms with Gasteiger partial charge in [-0.2, -0.15) is 0 Å². The Bertz CT molecular complexity index is 1180. The minimum absolute atomic E-state index is 0.0409. The van der Waals surface area contributed by atoms with Crippen molar-refractivity contribution in [3.8, 4) is 33.1 Å². The first-order valence-corrected chi connectivity index (χ1v) is 9.15. The number of carbonyl (C=O) groups excluding carboxylic acids is 1. The first kappa shape index (κ1) is 17.1. The molecule has 0 aliphatic carbocycles. The minimum Gasteiger partial charge on any atom is -0.306 e. The molecule has 0 radical (unpaired) electrons. The molecule has 4 aromatic rings. The van der Waals surface area contributed by atoms with Crippen molar-refractivity contribution in [3.63, 3.8) is 0 Å². The van der Waals surface area contributed by atoms with E-state index >= 15 is 0 Å². The standard InChI is InChI=1S/C21H15N3O2S/c1-13(25)18-7-8-19(27-18)16-9-15(11-22-12-16)17-10-20(26)24-21(23-17)14-5-3-2-4-6-14/h2-12H,1H3,(H,23,24,26). The molecule has 132 valence electrons. The average molecular weight is 373 g/mol. The zero-order valence-corrected chi connectivity index (χ0v) is 15.3. The van der Waals surface area contributed by atoms with Crippen LogP contribution in [0.5, 0.6) is 0 Å². The largest absolute Gasteiger partial charge is 0.306 e. The van der Waals surface area contributed by atoms with E-state index in [1.54, 1.807) is 19.3 Å². The van der Waals surface area contributed by atoms with E-state index in [2.05, 4.69) is 15.0 Å². The molecule has 0 saturated carbocycles. The molecule has 0 aliphatic rings. The van der Waals surface area contributed by atoms with Crippen molar-refractivity contribution in [2.75, 3.05) is 0 Å². The van der Waals surface area contributed by atoms with Crippen molar-refractivity contribution in [3.05, 3.63) is 82.2 Å². The molecule has 1 aromatic carbocycles.